The second-order valence-electron chi connectivity index (χ2n) is 4.59. The number of allylic oxidation sites excluding steroid dienone is 1. The van der Waals surface area contributed by atoms with E-state index in [1.807, 2.05) is 54.5 Å². The number of aryl methyl sites for hydroxylation is 1. The minimum atomic E-state index is -0.0181. The molecular weight excluding hydrogens is 248 g/mol. The van der Waals surface area contributed by atoms with E-state index in [1.54, 1.807) is 18.3 Å². The Morgan fingerprint density at radius 1 is 1.05 bits per heavy atom. The molecule has 0 atom stereocenters. The molecule has 3 nitrogen and oxygen atoms in total. The highest BCUT2D eigenvalue weighted by molar-refractivity contribution is 6.04. The molecule has 102 valence electrons. The molecule has 0 amide bonds. The maximum Gasteiger partial charge on any atom is 0.187 e. The molecule has 0 unspecified atom stereocenters. The van der Waals surface area contributed by atoms with Gasteiger partial charge in [0.2, 0.25) is 0 Å². The van der Waals surface area contributed by atoms with E-state index in [0.29, 0.717) is 5.56 Å². The Hall–Kier alpha value is -2.55. The van der Waals surface area contributed by atoms with Crippen molar-refractivity contribution in [3.8, 4) is 0 Å². The highest BCUT2D eigenvalue weighted by Gasteiger charge is 2.00. The first kappa shape index (κ1) is 13.9. The van der Waals surface area contributed by atoms with Crippen molar-refractivity contribution in [1.29, 1.82) is 0 Å². The maximum absolute atomic E-state index is 11.9. The third-order valence-corrected chi connectivity index (χ3v) is 2.98. The second-order valence-corrected chi connectivity index (χ2v) is 4.59. The number of benzene rings is 2. The van der Waals surface area contributed by atoms with Gasteiger partial charge in [-0.1, -0.05) is 48.0 Å². The first-order valence-electron chi connectivity index (χ1n) is 6.49. The number of hydrogen-bond acceptors (Lipinski definition) is 3. The van der Waals surface area contributed by atoms with Crippen LogP contribution in [0.25, 0.3) is 0 Å². The Bertz CT molecular complexity index is 588. The molecule has 20 heavy (non-hydrogen) atoms. The zero-order valence-corrected chi connectivity index (χ0v) is 11.7. The average Bonchev–Trinajstić information content (AvgIpc) is 2.48. The Labute approximate surface area is 119 Å². The zero-order chi connectivity index (χ0) is 14.4. The van der Waals surface area contributed by atoms with Gasteiger partial charge in [-0.2, -0.15) is 0 Å². The van der Waals surface area contributed by atoms with Crippen molar-refractivity contribution >= 4 is 11.5 Å². The third kappa shape index (κ3) is 3.72. The van der Waals surface area contributed by atoms with Gasteiger partial charge < -0.3 is 5.43 Å². The van der Waals surface area contributed by atoms with E-state index in [0.717, 1.165) is 5.69 Å². The molecule has 0 bridgehead atoms. The molecular formula is C17H18N2O. The average molecular weight is 266 g/mol. The number of ketones is 1. The van der Waals surface area contributed by atoms with Gasteiger partial charge >= 0.3 is 0 Å². The summed E-state index contributed by atoms with van der Waals surface area (Å²) in [7, 11) is 1.90. The second kappa shape index (κ2) is 6.57. The van der Waals surface area contributed by atoms with Crippen molar-refractivity contribution in [1.82, 2.24) is 5.43 Å². The molecule has 0 fully saturated rings. The van der Waals surface area contributed by atoms with Gasteiger partial charge in [0, 0.05) is 24.9 Å². The van der Waals surface area contributed by atoms with E-state index in [1.165, 1.54) is 11.6 Å². The van der Waals surface area contributed by atoms with E-state index in [-0.39, 0.29) is 5.78 Å². The number of hydrazine groups is 1. The lowest BCUT2D eigenvalue weighted by atomic mass is 10.1. The van der Waals surface area contributed by atoms with Gasteiger partial charge in [-0.15, -0.1) is 0 Å². The Morgan fingerprint density at radius 3 is 2.35 bits per heavy atom. The van der Waals surface area contributed by atoms with E-state index < -0.39 is 0 Å². The molecule has 1 N–H and O–H groups in total. The fourth-order valence-corrected chi connectivity index (χ4v) is 1.77. The molecule has 0 aliphatic carbocycles. The molecule has 0 saturated carbocycles. The van der Waals surface area contributed by atoms with Crippen LogP contribution < -0.4 is 10.4 Å². The summed E-state index contributed by atoms with van der Waals surface area (Å²) in [6.45, 7) is 2.05. The molecule has 0 radical (unpaired) electrons. The molecule has 0 spiro atoms. The van der Waals surface area contributed by atoms with Gasteiger partial charge in [-0.25, -0.2) is 0 Å². The minimum Gasteiger partial charge on any atom is -0.306 e. The lowest BCUT2D eigenvalue weighted by Gasteiger charge is -2.18. The van der Waals surface area contributed by atoms with Crippen LogP contribution in [-0.4, -0.2) is 12.8 Å². The topological polar surface area (TPSA) is 32.3 Å². The van der Waals surface area contributed by atoms with Crippen molar-refractivity contribution in [2.24, 2.45) is 0 Å². The molecule has 2 aromatic carbocycles. The van der Waals surface area contributed by atoms with Gasteiger partial charge in [-0.05, 0) is 19.1 Å². The van der Waals surface area contributed by atoms with E-state index in [9.17, 15) is 4.79 Å². The van der Waals surface area contributed by atoms with Crippen molar-refractivity contribution in [2.75, 3.05) is 12.1 Å². The summed E-state index contributed by atoms with van der Waals surface area (Å²) >= 11 is 0. The maximum atomic E-state index is 11.9. The number of carbonyl (C=O) groups excluding carboxylic acids is 1. The summed E-state index contributed by atoms with van der Waals surface area (Å²) in [5, 5.41) is 1.86. The summed E-state index contributed by atoms with van der Waals surface area (Å²) in [4.78, 5) is 11.9. The number of nitrogens with zero attached hydrogens (tertiary/aromatic N) is 1. The lowest BCUT2D eigenvalue weighted by molar-refractivity contribution is 0.104. The van der Waals surface area contributed by atoms with Crippen LogP contribution in [0.3, 0.4) is 0 Å². The van der Waals surface area contributed by atoms with Gasteiger partial charge in [-0.3, -0.25) is 9.80 Å². The highest BCUT2D eigenvalue weighted by Crippen LogP contribution is 2.11. The predicted octanol–water partition coefficient (Wildman–Crippen LogP) is 3.33. The molecule has 3 heteroatoms. The van der Waals surface area contributed by atoms with Crippen molar-refractivity contribution in [3.63, 3.8) is 0 Å². The van der Waals surface area contributed by atoms with Gasteiger partial charge in [0.05, 0.1) is 5.69 Å². The Morgan fingerprint density at radius 2 is 1.70 bits per heavy atom. The molecule has 0 aliphatic rings. The first-order valence-corrected chi connectivity index (χ1v) is 6.49. The van der Waals surface area contributed by atoms with Gasteiger partial charge in [0.15, 0.2) is 5.78 Å². The molecule has 0 aromatic heterocycles. The van der Waals surface area contributed by atoms with Crippen LogP contribution in [0.4, 0.5) is 5.69 Å². The molecule has 0 heterocycles. The molecule has 0 saturated heterocycles. The Balaban J connectivity index is 1.93. The number of nitrogens with one attached hydrogen (secondary N) is 1. The minimum absolute atomic E-state index is 0.0181. The quantitative estimate of drug-likeness (QED) is 0.512. The molecule has 2 rings (SSSR count). The number of carbonyl (C=O) groups is 1. The largest absolute Gasteiger partial charge is 0.306 e. The zero-order valence-electron chi connectivity index (χ0n) is 11.7. The number of hydrogen-bond donors (Lipinski definition) is 1. The molecule has 0 aliphatic heterocycles. The van der Waals surface area contributed by atoms with E-state index in [4.69, 9.17) is 0 Å². The van der Waals surface area contributed by atoms with Crippen LogP contribution in [0, 0.1) is 6.92 Å². The Kier molecular flexibility index (Phi) is 4.56. The predicted molar refractivity (Wildman–Crippen MR) is 82.6 cm³/mol. The lowest BCUT2D eigenvalue weighted by Crippen LogP contribution is -2.29. The van der Waals surface area contributed by atoms with Crippen molar-refractivity contribution < 1.29 is 4.79 Å². The summed E-state index contributed by atoms with van der Waals surface area (Å²) in [5.41, 5.74) is 5.99. The normalized spacial score (nSPS) is 10.5. The number of anilines is 1. The molecule has 2 aromatic rings. The fraction of sp³-hybridized carbons (Fsp3) is 0.118. The SMILES string of the molecule is Cc1ccc(N(C)N/C=C\C(=O)c2ccccc2)cc1. The standard InChI is InChI=1S/C17H18N2O/c1-14-8-10-16(11-9-14)19(2)18-13-12-17(20)15-6-4-3-5-7-15/h3-13,18H,1-2H3/b13-12-. The first-order chi connectivity index (χ1) is 9.66. The van der Waals surface area contributed by atoms with Crippen molar-refractivity contribution in [2.45, 2.75) is 6.92 Å². The smallest absolute Gasteiger partial charge is 0.187 e. The summed E-state index contributed by atoms with van der Waals surface area (Å²) < 4.78 is 0. The summed E-state index contributed by atoms with van der Waals surface area (Å²) in [6, 6.07) is 17.3. The van der Waals surface area contributed by atoms with Gasteiger partial charge in [0.1, 0.15) is 0 Å². The highest BCUT2D eigenvalue weighted by atomic mass is 16.1. The van der Waals surface area contributed by atoms with E-state index >= 15 is 0 Å². The van der Waals surface area contributed by atoms with Gasteiger partial charge in [0.25, 0.3) is 0 Å². The fourth-order valence-electron chi connectivity index (χ4n) is 1.77. The van der Waals surface area contributed by atoms with Crippen LogP contribution in [-0.2, 0) is 0 Å². The van der Waals surface area contributed by atoms with Crippen LogP contribution in [0.15, 0.2) is 66.9 Å². The van der Waals surface area contributed by atoms with E-state index in [2.05, 4.69) is 12.3 Å². The van der Waals surface area contributed by atoms with Crippen molar-refractivity contribution in [3.05, 3.63) is 78.0 Å². The third-order valence-electron chi connectivity index (χ3n) is 2.98. The monoisotopic (exact) mass is 266 g/mol. The van der Waals surface area contributed by atoms with Crippen LogP contribution in [0.1, 0.15) is 15.9 Å². The van der Waals surface area contributed by atoms with Crippen LogP contribution in [0.2, 0.25) is 0 Å². The van der Waals surface area contributed by atoms with Crippen LogP contribution >= 0.6 is 0 Å². The summed E-state index contributed by atoms with van der Waals surface area (Å²) in [6.07, 6.45) is 3.18. The van der Waals surface area contributed by atoms with Crippen LogP contribution in [0.5, 0.6) is 0 Å². The number of rotatable bonds is 5. The summed E-state index contributed by atoms with van der Waals surface area (Å²) in [5.74, 6) is -0.0181.